The highest BCUT2D eigenvalue weighted by atomic mass is 35.5. The van der Waals surface area contributed by atoms with E-state index in [0.29, 0.717) is 17.6 Å². The summed E-state index contributed by atoms with van der Waals surface area (Å²) in [4.78, 5) is 26.7. The highest BCUT2D eigenvalue weighted by Gasteiger charge is 2.36. The van der Waals surface area contributed by atoms with Gasteiger partial charge in [-0.3, -0.25) is 14.3 Å². The van der Waals surface area contributed by atoms with E-state index in [1.807, 2.05) is 29.1 Å². The Balaban J connectivity index is 1.31. The van der Waals surface area contributed by atoms with Crippen molar-refractivity contribution in [2.45, 2.75) is 44.2 Å². The number of halogens is 1. The first-order chi connectivity index (χ1) is 13.1. The van der Waals surface area contributed by atoms with Crippen molar-refractivity contribution in [3.8, 4) is 0 Å². The van der Waals surface area contributed by atoms with Crippen molar-refractivity contribution in [1.29, 1.82) is 0 Å². The van der Waals surface area contributed by atoms with Crippen molar-refractivity contribution >= 4 is 29.1 Å². The van der Waals surface area contributed by atoms with Gasteiger partial charge in [-0.1, -0.05) is 17.7 Å². The van der Waals surface area contributed by atoms with Crippen LogP contribution in [0.5, 0.6) is 0 Å². The van der Waals surface area contributed by atoms with Crippen LogP contribution in [0.4, 0.5) is 5.69 Å². The molecule has 27 heavy (non-hydrogen) atoms. The molecule has 2 heterocycles. The van der Waals surface area contributed by atoms with E-state index in [2.05, 4.69) is 10.4 Å². The van der Waals surface area contributed by atoms with Gasteiger partial charge in [-0.25, -0.2) is 0 Å². The van der Waals surface area contributed by atoms with Crippen LogP contribution in [-0.2, 0) is 9.59 Å². The molecule has 1 aromatic heterocycles. The van der Waals surface area contributed by atoms with Crippen LogP contribution in [0.25, 0.3) is 0 Å². The smallest absolute Gasteiger partial charge is 0.227 e. The van der Waals surface area contributed by atoms with Gasteiger partial charge in [0, 0.05) is 42.1 Å². The molecule has 7 heteroatoms. The highest BCUT2D eigenvalue weighted by molar-refractivity contribution is 6.31. The molecule has 2 aliphatic rings. The molecule has 2 amide bonds. The Kier molecular flexibility index (Phi) is 5.16. The number of anilines is 1. The van der Waals surface area contributed by atoms with Gasteiger partial charge in [-0.2, -0.15) is 5.10 Å². The van der Waals surface area contributed by atoms with Gasteiger partial charge in [0.15, 0.2) is 0 Å². The Bertz CT molecular complexity index is 815. The molecule has 1 unspecified atom stereocenters. The lowest BCUT2D eigenvalue weighted by Crippen LogP contribution is -2.42. The van der Waals surface area contributed by atoms with Crippen molar-refractivity contribution in [3.05, 3.63) is 47.7 Å². The molecule has 1 aromatic carbocycles. The van der Waals surface area contributed by atoms with Gasteiger partial charge >= 0.3 is 0 Å². The number of nitrogens with one attached hydrogen (secondary N) is 1. The van der Waals surface area contributed by atoms with E-state index >= 15 is 0 Å². The second-order valence-electron chi connectivity index (χ2n) is 7.39. The lowest BCUT2D eigenvalue weighted by molar-refractivity contribution is -0.127. The number of nitrogens with zero attached hydrogens (tertiary/aromatic N) is 3. The molecule has 1 aliphatic carbocycles. The third kappa shape index (κ3) is 4.00. The Labute approximate surface area is 163 Å². The zero-order valence-electron chi connectivity index (χ0n) is 15.1. The monoisotopic (exact) mass is 386 g/mol. The number of aromatic nitrogens is 2. The van der Waals surface area contributed by atoms with E-state index in [9.17, 15) is 9.59 Å². The van der Waals surface area contributed by atoms with Crippen molar-refractivity contribution < 1.29 is 9.59 Å². The fraction of sp³-hybridized carbons (Fsp3) is 0.450. The average molecular weight is 387 g/mol. The predicted octanol–water partition coefficient (Wildman–Crippen LogP) is 3.19. The molecule has 0 radical (unpaired) electrons. The van der Waals surface area contributed by atoms with Crippen LogP contribution in [0.15, 0.2) is 42.7 Å². The molecule has 0 spiro atoms. The number of carbonyl (C=O) groups excluding carboxylic acids is 2. The Morgan fingerprint density at radius 1 is 1.19 bits per heavy atom. The van der Waals surface area contributed by atoms with Crippen LogP contribution in [0.1, 0.15) is 38.1 Å². The van der Waals surface area contributed by atoms with Crippen molar-refractivity contribution in [1.82, 2.24) is 15.1 Å². The maximum Gasteiger partial charge on any atom is 0.227 e. The minimum Gasteiger partial charge on any atom is -0.353 e. The largest absolute Gasteiger partial charge is 0.353 e. The molecule has 1 N–H and O–H groups in total. The van der Waals surface area contributed by atoms with E-state index in [0.717, 1.165) is 31.4 Å². The van der Waals surface area contributed by atoms with Gasteiger partial charge in [-0.15, -0.1) is 0 Å². The van der Waals surface area contributed by atoms with Crippen molar-refractivity contribution in [2.24, 2.45) is 5.92 Å². The van der Waals surface area contributed by atoms with Crippen LogP contribution in [-0.4, -0.2) is 34.2 Å². The second kappa shape index (κ2) is 7.72. The van der Waals surface area contributed by atoms with E-state index in [4.69, 9.17) is 11.6 Å². The third-order valence-electron chi connectivity index (χ3n) is 5.56. The van der Waals surface area contributed by atoms with Crippen molar-refractivity contribution in [3.63, 3.8) is 0 Å². The van der Waals surface area contributed by atoms with E-state index < -0.39 is 0 Å². The highest BCUT2D eigenvalue weighted by Crippen LogP contribution is 2.30. The molecule has 1 saturated carbocycles. The van der Waals surface area contributed by atoms with Gasteiger partial charge < -0.3 is 10.2 Å². The molecule has 4 rings (SSSR count). The fourth-order valence-corrected chi connectivity index (χ4v) is 4.26. The zero-order chi connectivity index (χ0) is 18.8. The molecule has 1 saturated heterocycles. The van der Waals surface area contributed by atoms with Gasteiger partial charge in [0.1, 0.15) is 0 Å². The van der Waals surface area contributed by atoms with Crippen LogP contribution in [0, 0.1) is 5.92 Å². The number of hydrogen-bond donors (Lipinski definition) is 1. The summed E-state index contributed by atoms with van der Waals surface area (Å²) in [6.07, 6.45) is 7.94. The number of hydrogen-bond acceptors (Lipinski definition) is 3. The summed E-state index contributed by atoms with van der Waals surface area (Å²) in [5.41, 5.74) is 0.752. The van der Waals surface area contributed by atoms with Crippen LogP contribution < -0.4 is 10.2 Å². The van der Waals surface area contributed by atoms with E-state index in [1.54, 1.807) is 23.2 Å². The SMILES string of the molecule is O=C(NC1CCC(n2cccn2)CC1)C1CC(=O)N(c2cccc(Cl)c2)C1. The van der Waals surface area contributed by atoms with E-state index in [1.165, 1.54) is 0 Å². The number of rotatable bonds is 4. The first kappa shape index (κ1) is 18.0. The molecular weight excluding hydrogens is 364 g/mol. The third-order valence-corrected chi connectivity index (χ3v) is 5.79. The first-order valence-electron chi connectivity index (χ1n) is 9.45. The number of benzene rings is 1. The van der Waals surface area contributed by atoms with Gasteiger partial charge in [0.25, 0.3) is 0 Å². The molecular formula is C20H23ClN4O2. The summed E-state index contributed by atoms with van der Waals surface area (Å²) >= 11 is 6.02. The maximum atomic E-state index is 12.7. The van der Waals surface area contributed by atoms with Gasteiger partial charge in [0.05, 0.1) is 12.0 Å². The Hall–Kier alpha value is -2.34. The maximum absolute atomic E-state index is 12.7. The molecule has 2 fully saturated rings. The average Bonchev–Trinajstić information content (AvgIpc) is 3.32. The summed E-state index contributed by atoms with van der Waals surface area (Å²) < 4.78 is 2.01. The quantitative estimate of drug-likeness (QED) is 0.877. The minimum absolute atomic E-state index is 0.0181. The molecule has 142 valence electrons. The van der Waals surface area contributed by atoms with Crippen LogP contribution >= 0.6 is 11.6 Å². The summed E-state index contributed by atoms with van der Waals surface area (Å²) in [6.45, 7) is 0.410. The van der Waals surface area contributed by atoms with Crippen molar-refractivity contribution in [2.75, 3.05) is 11.4 Å². The second-order valence-corrected chi connectivity index (χ2v) is 7.82. The number of amides is 2. The standard InChI is InChI=1S/C20H23ClN4O2/c21-15-3-1-4-18(12-15)24-13-14(11-19(24)26)20(27)23-16-5-7-17(8-6-16)25-10-2-9-22-25/h1-4,9-10,12,14,16-17H,5-8,11,13H2,(H,23,27). The first-order valence-corrected chi connectivity index (χ1v) is 9.83. The summed E-state index contributed by atoms with van der Waals surface area (Å²) in [6, 6.07) is 9.73. The Morgan fingerprint density at radius 3 is 2.70 bits per heavy atom. The normalized spacial score (nSPS) is 25.6. The number of carbonyl (C=O) groups is 2. The van der Waals surface area contributed by atoms with Gasteiger partial charge in [0.2, 0.25) is 11.8 Å². The molecule has 1 aliphatic heterocycles. The predicted molar refractivity (Wildman–Crippen MR) is 104 cm³/mol. The molecule has 2 aromatic rings. The van der Waals surface area contributed by atoms with Gasteiger partial charge in [-0.05, 0) is 49.9 Å². The molecule has 1 atom stereocenters. The Morgan fingerprint density at radius 2 is 2.00 bits per heavy atom. The van der Waals surface area contributed by atoms with Crippen LogP contribution in [0.2, 0.25) is 5.02 Å². The summed E-state index contributed by atoms with van der Waals surface area (Å²) in [5, 5.41) is 8.06. The summed E-state index contributed by atoms with van der Waals surface area (Å²) in [7, 11) is 0. The summed E-state index contributed by atoms with van der Waals surface area (Å²) in [5.74, 6) is -0.351. The molecule has 0 bridgehead atoms. The van der Waals surface area contributed by atoms with E-state index in [-0.39, 0.29) is 30.2 Å². The zero-order valence-corrected chi connectivity index (χ0v) is 15.8. The van der Waals surface area contributed by atoms with Crippen LogP contribution in [0.3, 0.4) is 0 Å². The fourth-order valence-electron chi connectivity index (χ4n) is 4.08. The topological polar surface area (TPSA) is 67.2 Å². The lowest BCUT2D eigenvalue weighted by Gasteiger charge is -2.30. The minimum atomic E-state index is -0.305. The lowest BCUT2D eigenvalue weighted by atomic mass is 9.91. The molecule has 6 nitrogen and oxygen atoms in total.